The summed E-state index contributed by atoms with van der Waals surface area (Å²) in [6.07, 6.45) is 2.26. The molecule has 1 N–H and O–H groups in total. The SMILES string of the molecule is CCc1ccc(NC(=O)Cn2ccc(=O)n(C)c2=O)cc1. The third-order valence-electron chi connectivity index (χ3n) is 3.22. The molecule has 0 aliphatic rings. The number of amides is 1. The van der Waals surface area contributed by atoms with E-state index in [0.717, 1.165) is 11.0 Å². The van der Waals surface area contributed by atoms with E-state index in [0.29, 0.717) is 5.69 Å². The van der Waals surface area contributed by atoms with Crippen LogP contribution in [0, 0.1) is 0 Å². The molecule has 21 heavy (non-hydrogen) atoms. The summed E-state index contributed by atoms with van der Waals surface area (Å²) in [6.45, 7) is 1.92. The zero-order valence-electron chi connectivity index (χ0n) is 12.0. The third-order valence-corrected chi connectivity index (χ3v) is 3.22. The van der Waals surface area contributed by atoms with Crippen molar-refractivity contribution in [2.24, 2.45) is 7.05 Å². The Labute approximate surface area is 121 Å². The molecule has 2 aromatic rings. The monoisotopic (exact) mass is 287 g/mol. The Kier molecular flexibility index (Phi) is 4.37. The zero-order valence-corrected chi connectivity index (χ0v) is 12.0. The first-order valence-electron chi connectivity index (χ1n) is 6.66. The predicted molar refractivity (Wildman–Crippen MR) is 80.4 cm³/mol. The summed E-state index contributed by atoms with van der Waals surface area (Å²) >= 11 is 0. The van der Waals surface area contributed by atoms with Crippen LogP contribution in [0.5, 0.6) is 0 Å². The molecule has 6 heteroatoms. The zero-order chi connectivity index (χ0) is 15.4. The third kappa shape index (κ3) is 3.47. The lowest BCUT2D eigenvalue weighted by molar-refractivity contribution is -0.116. The van der Waals surface area contributed by atoms with E-state index in [1.54, 1.807) is 0 Å². The lowest BCUT2D eigenvalue weighted by Gasteiger charge is -2.08. The maximum absolute atomic E-state index is 11.9. The summed E-state index contributed by atoms with van der Waals surface area (Å²) in [7, 11) is 1.38. The molecular weight excluding hydrogens is 270 g/mol. The summed E-state index contributed by atoms with van der Waals surface area (Å²) < 4.78 is 2.15. The van der Waals surface area contributed by atoms with Crippen LogP contribution in [0.3, 0.4) is 0 Å². The van der Waals surface area contributed by atoms with E-state index in [-0.39, 0.29) is 12.5 Å². The topological polar surface area (TPSA) is 73.1 Å². The molecule has 0 saturated heterocycles. The van der Waals surface area contributed by atoms with E-state index >= 15 is 0 Å². The van der Waals surface area contributed by atoms with Crippen molar-refractivity contribution in [3.05, 3.63) is 62.9 Å². The average Bonchev–Trinajstić information content (AvgIpc) is 2.49. The molecule has 1 heterocycles. The van der Waals surface area contributed by atoms with Gasteiger partial charge in [0.15, 0.2) is 0 Å². The number of nitrogens with zero attached hydrogens (tertiary/aromatic N) is 2. The highest BCUT2D eigenvalue weighted by Crippen LogP contribution is 2.09. The van der Waals surface area contributed by atoms with Gasteiger partial charge in [-0.1, -0.05) is 19.1 Å². The molecule has 2 rings (SSSR count). The minimum atomic E-state index is -0.515. The molecule has 0 fully saturated rings. The van der Waals surface area contributed by atoms with Gasteiger partial charge >= 0.3 is 5.69 Å². The Morgan fingerprint density at radius 2 is 1.81 bits per heavy atom. The first-order valence-corrected chi connectivity index (χ1v) is 6.66. The Hall–Kier alpha value is -2.63. The second kappa shape index (κ2) is 6.21. The van der Waals surface area contributed by atoms with Gasteiger partial charge in [0.2, 0.25) is 5.91 Å². The van der Waals surface area contributed by atoms with Gasteiger partial charge in [0, 0.05) is 25.0 Å². The molecule has 1 aromatic carbocycles. The highest BCUT2D eigenvalue weighted by atomic mass is 16.2. The maximum atomic E-state index is 11.9. The Morgan fingerprint density at radius 1 is 1.14 bits per heavy atom. The van der Waals surface area contributed by atoms with Crippen LogP contribution in [-0.4, -0.2) is 15.0 Å². The molecule has 0 radical (unpaired) electrons. The number of rotatable bonds is 4. The largest absolute Gasteiger partial charge is 0.331 e. The number of carbonyl (C=O) groups is 1. The Morgan fingerprint density at radius 3 is 2.43 bits per heavy atom. The van der Waals surface area contributed by atoms with Crippen LogP contribution >= 0.6 is 0 Å². The average molecular weight is 287 g/mol. The summed E-state index contributed by atoms with van der Waals surface area (Å²) in [6, 6.07) is 8.77. The van der Waals surface area contributed by atoms with Gasteiger partial charge < -0.3 is 5.32 Å². The number of carbonyl (C=O) groups excluding carboxylic acids is 1. The number of benzene rings is 1. The van der Waals surface area contributed by atoms with E-state index in [1.807, 2.05) is 24.3 Å². The molecular formula is C15H17N3O3. The molecule has 0 saturated carbocycles. The van der Waals surface area contributed by atoms with Crippen LogP contribution in [0.25, 0.3) is 0 Å². The van der Waals surface area contributed by atoms with Crippen molar-refractivity contribution in [1.82, 2.24) is 9.13 Å². The molecule has 0 spiro atoms. The van der Waals surface area contributed by atoms with Crippen LogP contribution in [-0.2, 0) is 24.8 Å². The number of aryl methyl sites for hydroxylation is 1. The maximum Gasteiger partial charge on any atom is 0.331 e. The minimum absolute atomic E-state index is 0.136. The summed E-state index contributed by atoms with van der Waals surface area (Å²) in [4.78, 5) is 35.0. The number of nitrogens with one attached hydrogen (secondary N) is 1. The first kappa shape index (κ1) is 14.8. The van der Waals surface area contributed by atoms with Crippen LogP contribution in [0.1, 0.15) is 12.5 Å². The van der Waals surface area contributed by atoms with E-state index in [9.17, 15) is 14.4 Å². The van der Waals surface area contributed by atoms with Gasteiger partial charge in [0.05, 0.1) is 0 Å². The van der Waals surface area contributed by atoms with E-state index < -0.39 is 11.2 Å². The molecule has 0 aliphatic heterocycles. The van der Waals surface area contributed by atoms with E-state index in [4.69, 9.17) is 0 Å². The second-order valence-electron chi connectivity index (χ2n) is 4.72. The van der Waals surface area contributed by atoms with Gasteiger partial charge in [0.1, 0.15) is 6.54 Å². The molecule has 1 aromatic heterocycles. The summed E-state index contributed by atoms with van der Waals surface area (Å²) in [5.74, 6) is -0.319. The van der Waals surface area contributed by atoms with Crippen molar-refractivity contribution >= 4 is 11.6 Å². The number of hydrogen-bond acceptors (Lipinski definition) is 3. The van der Waals surface area contributed by atoms with Gasteiger partial charge in [-0.05, 0) is 24.1 Å². The second-order valence-corrected chi connectivity index (χ2v) is 4.72. The fourth-order valence-corrected chi connectivity index (χ4v) is 1.92. The predicted octanol–water partition coefficient (Wildman–Crippen LogP) is 0.748. The van der Waals surface area contributed by atoms with Crippen LogP contribution < -0.4 is 16.6 Å². The first-order chi connectivity index (χ1) is 10.0. The smallest absolute Gasteiger partial charge is 0.325 e. The van der Waals surface area contributed by atoms with Gasteiger partial charge in [-0.25, -0.2) is 4.79 Å². The molecule has 0 aliphatic carbocycles. The molecule has 6 nitrogen and oxygen atoms in total. The van der Waals surface area contributed by atoms with Crippen molar-refractivity contribution in [3.8, 4) is 0 Å². The fourth-order valence-electron chi connectivity index (χ4n) is 1.92. The van der Waals surface area contributed by atoms with Crippen molar-refractivity contribution < 1.29 is 4.79 Å². The van der Waals surface area contributed by atoms with Crippen molar-refractivity contribution in [3.63, 3.8) is 0 Å². The molecule has 1 amide bonds. The standard InChI is InChI=1S/C15H17N3O3/c1-3-11-4-6-12(7-5-11)16-13(19)10-18-9-8-14(20)17(2)15(18)21/h4-9H,3,10H2,1-2H3,(H,16,19). The van der Waals surface area contributed by atoms with Crippen LogP contribution in [0.4, 0.5) is 5.69 Å². The van der Waals surface area contributed by atoms with Crippen LogP contribution in [0.2, 0.25) is 0 Å². The van der Waals surface area contributed by atoms with Crippen molar-refractivity contribution in [2.75, 3.05) is 5.32 Å². The van der Waals surface area contributed by atoms with E-state index in [1.165, 1.54) is 29.4 Å². The van der Waals surface area contributed by atoms with Crippen LogP contribution in [0.15, 0.2) is 46.1 Å². The molecule has 0 bridgehead atoms. The van der Waals surface area contributed by atoms with Gasteiger partial charge in [-0.15, -0.1) is 0 Å². The number of aromatic nitrogens is 2. The fraction of sp³-hybridized carbons (Fsp3) is 0.267. The highest BCUT2D eigenvalue weighted by Gasteiger charge is 2.07. The molecule has 0 unspecified atom stereocenters. The summed E-state index contributed by atoms with van der Waals surface area (Å²) in [5.41, 5.74) is 0.947. The van der Waals surface area contributed by atoms with E-state index in [2.05, 4.69) is 12.2 Å². The van der Waals surface area contributed by atoms with Crippen molar-refractivity contribution in [1.29, 1.82) is 0 Å². The Bertz CT molecular complexity index is 757. The highest BCUT2D eigenvalue weighted by molar-refractivity contribution is 5.90. The minimum Gasteiger partial charge on any atom is -0.325 e. The van der Waals surface area contributed by atoms with Gasteiger partial charge in [0.25, 0.3) is 5.56 Å². The van der Waals surface area contributed by atoms with Gasteiger partial charge in [-0.3, -0.25) is 18.7 Å². The molecule has 110 valence electrons. The quantitative estimate of drug-likeness (QED) is 0.901. The Balaban J connectivity index is 2.09. The number of anilines is 1. The van der Waals surface area contributed by atoms with Crippen molar-refractivity contribution in [2.45, 2.75) is 19.9 Å². The summed E-state index contributed by atoms with van der Waals surface area (Å²) in [5, 5.41) is 2.72. The normalized spacial score (nSPS) is 10.4. The lowest BCUT2D eigenvalue weighted by atomic mass is 10.1. The lowest BCUT2D eigenvalue weighted by Crippen LogP contribution is -2.38. The van der Waals surface area contributed by atoms with Gasteiger partial charge in [-0.2, -0.15) is 0 Å². The number of hydrogen-bond donors (Lipinski definition) is 1. The molecule has 0 atom stereocenters.